The lowest BCUT2D eigenvalue weighted by Gasteiger charge is -2.23. The molecule has 1 aliphatic rings. The fourth-order valence-corrected chi connectivity index (χ4v) is 2.14. The van der Waals surface area contributed by atoms with Gasteiger partial charge >= 0.3 is 0 Å². The molecule has 0 radical (unpaired) electrons. The van der Waals surface area contributed by atoms with E-state index in [9.17, 15) is 4.79 Å². The summed E-state index contributed by atoms with van der Waals surface area (Å²) in [6, 6.07) is 6.19. The molecule has 1 fully saturated rings. The van der Waals surface area contributed by atoms with E-state index in [-0.39, 0.29) is 17.4 Å². The Morgan fingerprint density at radius 3 is 2.52 bits per heavy atom. The van der Waals surface area contributed by atoms with Crippen molar-refractivity contribution in [1.29, 1.82) is 0 Å². The zero-order valence-electron chi connectivity index (χ0n) is 13.6. The summed E-state index contributed by atoms with van der Waals surface area (Å²) in [7, 11) is 1.65. The van der Waals surface area contributed by atoms with E-state index in [2.05, 4.69) is 43.5 Å². The van der Waals surface area contributed by atoms with Gasteiger partial charge in [-0.25, -0.2) is 0 Å². The van der Waals surface area contributed by atoms with Gasteiger partial charge in [0.1, 0.15) is 11.8 Å². The third kappa shape index (κ3) is 4.13. The van der Waals surface area contributed by atoms with Crippen molar-refractivity contribution in [3.05, 3.63) is 23.8 Å². The first-order valence-corrected chi connectivity index (χ1v) is 7.56. The largest absolute Gasteiger partial charge is 0.495 e. The van der Waals surface area contributed by atoms with Crippen LogP contribution < -0.4 is 15.4 Å². The van der Waals surface area contributed by atoms with Crippen molar-refractivity contribution in [2.24, 2.45) is 0 Å². The number of rotatable bonds is 5. The van der Waals surface area contributed by atoms with E-state index >= 15 is 0 Å². The lowest BCUT2D eigenvalue weighted by molar-refractivity contribution is -0.121. The van der Waals surface area contributed by atoms with Crippen LogP contribution in [-0.4, -0.2) is 25.1 Å². The fourth-order valence-electron chi connectivity index (χ4n) is 2.14. The van der Waals surface area contributed by atoms with Crippen molar-refractivity contribution in [3.8, 4) is 5.75 Å². The zero-order valence-corrected chi connectivity index (χ0v) is 13.6. The van der Waals surface area contributed by atoms with Gasteiger partial charge in [-0.1, -0.05) is 26.8 Å². The van der Waals surface area contributed by atoms with E-state index < -0.39 is 0 Å². The van der Waals surface area contributed by atoms with Crippen LogP contribution >= 0.6 is 0 Å². The van der Waals surface area contributed by atoms with E-state index in [0.29, 0.717) is 6.04 Å². The second-order valence-corrected chi connectivity index (χ2v) is 6.81. The predicted octanol–water partition coefficient (Wildman–Crippen LogP) is 3.07. The highest BCUT2D eigenvalue weighted by Crippen LogP contribution is 2.31. The number of benzene rings is 1. The molecule has 0 spiro atoms. The quantitative estimate of drug-likeness (QED) is 0.876. The molecular formula is C17H26N2O2. The molecule has 2 N–H and O–H groups in total. The molecule has 21 heavy (non-hydrogen) atoms. The van der Waals surface area contributed by atoms with Crippen LogP contribution in [0.25, 0.3) is 0 Å². The number of ether oxygens (including phenoxy) is 1. The Labute approximate surface area is 127 Å². The molecule has 1 saturated carbocycles. The normalized spacial score (nSPS) is 16.2. The van der Waals surface area contributed by atoms with Crippen LogP contribution in [0.1, 0.15) is 46.1 Å². The first kappa shape index (κ1) is 15.7. The maximum absolute atomic E-state index is 12.1. The Bertz CT molecular complexity index is 516. The van der Waals surface area contributed by atoms with Crippen LogP contribution in [0.15, 0.2) is 18.2 Å². The molecule has 0 aromatic heterocycles. The molecule has 0 aliphatic heterocycles. The smallest absolute Gasteiger partial charge is 0.242 e. The summed E-state index contributed by atoms with van der Waals surface area (Å²) in [6.45, 7) is 8.38. The molecule has 0 heterocycles. The molecule has 4 nitrogen and oxygen atoms in total. The number of hydrogen-bond acceptors (Lipinski definition) is 3. The van der Waals surface area contributed by atoms with Gasteiger partial charge in [0.25, 0.3) is 0 Å². The van der Waals surface area contributed by atoms with Crippen LogP contribution in [0.4, 0.5) is 5.69 Å². The zero-order chi connectivity index (χ0) is 15.6. The summed E-state index contributed by atoms with van der Waals surface area (Å²) < 4.78 is 5.39. The number of hydrogen-bond donors (Lipinski definition) is 2. The second-order valence-electron chi connectivity index (χ2n) is 6.81. The minimum Gasteiger partial charge on any atom is -0.495 e. The van der Waals surface area contributed by atoms with Crippen molar-refractivity contribution >= 4 is 11.6 Å². The summed E-state index contributed by atoms with van der Waals surface area (Å²) in [4.78, 5) is 12.1. The number of amides is 1. The van der Waals surface area contributed by atoms with Crippen molar-refractivity contribution in [2.45, 2.75) is 58.0 Å². The Kier molecular flexibility index (Phi) is 4.45. The Morgan fingerprint density at radius 1 is 1.33 bits per heavy atom. The van der Waals surface area contributed by atoms with Crippen molar-refractivity contribution in [3.63, 3.8) is 0 Å². The number of carbonyl (C=O) groups excluding carboxylic acids is 1. The van der Waals surface area contributed by atoms with Gasteiger partial charge in [-0.3, -0.25) is 4.79 Å². The van der Waals surface area contributed by atoms with E-state index in [1.165, 1.54) is 5.56 Å². The Morgan fingerprint density at radius 2 is 2.00 bits per heavy atom. The maximum Gasteiger partial charge on any atom is 0.242 e. The molecule has 116 valence electrons. The third-order valence-corrected chi connectivity index (χ3v) is 3.75. The monoisotopic (exact) mass is 290 g/mol. The topological polar surface area (TPSA) is 50.4 Å². The van der Waals surface area contributed by atoms with Gasteiger partial charge in [0.05, 0.1) is 12.8 Å². The maximum atomic E-state index is 12.1. The molecule has 0 saturated heterocycles. The van der Waals surface area contributed by atoms with Gasteiger partial charge in [-0.05, 0) is 42.9 Å². The molecule has 0 bridgehead atoms. The number of methoxy groups -OCH3 is 1. The van der Waals surface area contributed by atoms with Crippen LogP contribution in [0.3, 0.4) is 0 Å². The number of anilines is 1. The van der Waals surface area contributed by atoms with Gasteiger partial charge in [0, 0.05) is 6.04 Å². The molecule has 1 aromatic carbocycles. The first-order chi connectivity index (χ1) is 9.81. The molecular weight excluding hydrogens is 264 g/mol. The Hall–Kier alpha value is -1.71. The van der Waals surface area contributed by atoms with Crippen molar-refractivity contribution in [1.82, 2.24) is 5.32 Å². The summed E-state index contributed by atoms with van der Waals surface area (Å²) >= 11 is 0. The molecule has 1 amide bonds. The molecule has 1 aromatic rings. The van der Waals surface area contributed by atoms with E-state index in [0.717, 1.165) is 24.3 Å². The lowest BCUT2D eigenvalue weighted by Crippen LogP contribution is -2.38. The molecule has 0 unspecified atom stereocenters. The van der Waals surface area contributed by atoms with Crippen LogP contribution in [0.5, 0.6) is 5.75 Å². The lowest BCUT2D eigenvalue weighted by atomic mass is 9.86. The SMILES string of the molecule is COc1ccc(C(C)(C)C)cc1N[C@H](C)C(=O)NC1CC1. The van der Waals surface area contributed by atoms with Crippen molar-refractivity contribution in [2.75, 3.05) is 12.4 Å². The number of nitrogens with one attached hydrogen (secondary N) is 2. The standard InChI is InChI=1S/C17H26N2O2/c1-11(16(20)19-13-7-8-13)18-14-10-12(17(2,3)4)6-9-15(14)21-5/h6,9-11,13,18H,7-8H2,1-5H3,(H,19,20)/t11-/m1/s1. The molecule has 1 atom stereocenters. The highest BCUT2D eigenvalue weighted by Gasteiger charge is 2.26. The predicted molar refractivity (Wildman–Crippen MR) is 85.9 cm³/mol. The van der Waals surface area contributed by atoms with Crippen LogP contribution in [0, 0.1) is 0 Å². The van der Waals surface area contributed by atoms with Crippen LogP contribution in [-0.2, 0) is 10.2 Å². The third-order valence-electron chi connectivity index (χ3n) is 3.75. The van der Waals surface area contributed by atoms with Crippen LogP contribution in [0.2, 0.25) is 0 Å². The summed E-state index contributed by atoms with van der Waals surface area (Å²) in [6.07, 6.45) is 2.20. The molecule has 2 rings (SSSR count). The van der Waals surface area contributed by atoms with Gasteiger partial charge in [-0.2, -0.15) is 0 Å². The Balaban J connectivity index is 2.14. The molecule has 4 heteroatoms. The van der Waals surface area contributed by atoms with Gasteiger partial charge < -0.3 is 15.4 Å². The highest BCUT2D eigenvalue weighted by atomic mass is 16.5. The van der Waals surface area contributed by atoms with E-state index in [1.54, 1.807) is 7.11 Å². The fraction of sp³-hybridized carbons (Fsp3) is 0.588. The first-order valence-electron chi connectivity index (χ1n) is 7.56. The van der Waals surface area contributed by atoms with Gasteiger partial charge in [0.15, 0.2) is 0 Å². The van der Waals surface area contributed by atoms with Gasteiger partial charge in [-0.15, -0.1) is 0 Å². The molecule has 1 aliphatic carbocycles. The second kappa shape index (κ2) is 5.96. The minimum absolute atomic E-state index is 0.0423. The average molecular weight is 290 g/mol. The van der Waals surface area contributed by atoms with E-state index in [1.807, 2.05) is 13.0 Å². The van der Waals surface area contributed by atoms with Crippen molar-refractivity contribution < 1.29 is 9.53 Å². The number of carbonyl (C=O) groups is 1. The minimum atomic E-state index is -0.283. The summed E-state index contributed by atoms with van der Waals surface area (Å²) in [5, 5.41) is 6.28. The summed E-state index contributed by atoms with van der Waals surface area (Å²) in [5.41, 5.74) is 2.13. The van der Waals surface area contributed by atoms with E-state index in [4.69, 9.17) is 4.74 Å². The summed E-state index contributed by atoms with van der Waals surface area (Å²) in [5.74, 6) is 0.801. The average Bonchev–Trinajstić information content (AvgIpc) is 3.21. The highest BCUT2D eigenvalue weighted by molar-refractivity contribution is 5.85. The van der Waals surface area contributed by atoms with Gasteiger partial charge in [0.2, 0.25) is 5.91 Å².